The first-order valence-corrected chi connectivity index (χ1v) is 16.1. The van der Waals surface area contributed by atoms with Crippen LogP contribution >= 0.6 is 11.6 Å². The number of carbonyl (C=O) groups excluding carboxylic acids is 3. The highest BCUT2D eigenvalue weighted by atomic mass is 35.5. The third kappa shape index (κ3) is 9.48. The predicted molar refractivity (Wildman–Crippen MR) is 182 cm³/mol. The zero-order chi connectivity index (χ0) is 34.1. The van der Waals surface area contributed by atoms with Crippen molar-refractivity contribution in [1.82, 2.24) is 10.6 Å². The van der Waals surface area contributed by atoms with E-state index < -0.39 is 17.8 Å². The predicted octanol–water partition coefficient (Wildman–Crippen LogP) is 7.51. The van der Waals surface area contributed by atoms with E-state index in [0.29, 0.717) is 57.0 Å². The molecule has 3 amide bonds. The molecule has 0 spiro atoms. The molecular weight excluding hydrogens is 622 g/mol. The fourth-order valence-electron chi connectivity index (χ4n) is 5.80. The molecule has 10 nitrogen and oxygen atoms in total. The van der Waals surface area contributed by atoms with Crippen molar-refractivity contribution in [2.45, 2.75) is 77.0 Å². The molecule has 0 unspecified atom stereocenters. The van der Waals surface area contributed by atoms with E-state index in [9.17, 15) is 24.3 Å². The number of aryl methyl sites for hydroxylation is 1. The van der Waals surface area contributed by atoms with Gasteiger partial charge in [-0.15, -0.1) is 0 Å². The second kappa shape index (κ2) is 15.8. The van der Waals surface area contributed by atoms with E-state index in [1.165, 1.54) is 24.1 Å². The fourth-order valence-corrected chi connectivity index (χ4v) is 6.06. The molecule has 4 rings (SSSR count). The molecular formula is C36H42ClN3O7. The van der Waals surface area contributed by atoms with Gasteiger partial charge in [-0.05, 0) is 88.6 Å². The summed E-state index contributed by atoms with van der Waals surface area (Å²) < 4.78 is 10.6. The number of halogens is 1. The summed E-state index contributed by atoms with van der Waals surface area (Å²) in [6, 6.07) is 18.0. The van der Waals surface area contributed by atoms with Gasteiger partial charge in [0, 0.05) is 24.2 Å². The Balaban J connectivity index is 1.47. The van der Waals surface area contributed by atoms with Gasteiger partial charge < -0.3 is 25.2 Å². The molecule has 47 heavy (non-hydrogen) atoms. The highest BCUT2D eigenvalue weighted by Crippen LogP contribution is 2.37. The van der Waals surface area contributed by atoms with E-state index >= 15 is 0 Å². The van der Waals surface area contributed by atoms with Gasteiger partial charge in [-0.25, -0.2) is 9.59 Å². The first kappa shape index (κ1) is 35.3. The van der Waals surface area contributed by atoms with Crippen LogP contribution < -0.4 is 20.3 Å². The lowest BCUT2D eigenvalue weighted by atomic mass is 9.89. The molecule has 1 aliphatic rings. The molecule has 0 radical (unpaired) electrons. The molecule has 0 saturated heterocycles. The monoisotopic (exact) mass is 663 g/mol. The maximum Gasteiger partial charge on any atom is 0.412 e. The van der Waals surface area contributed by atoms with E-state index in [-0.39, 0.29) is 39.9 Å². The van der Waals surface area contributed by atoms with Crippen LogP contribution in [0.3, 0.4) is 0 Å². The van der Waals surface area contributed by atoms with E-state index in [2.05, 4.69) is 10.6 Å². The molecule has 1 aliphatic carbocycles. The molecule has 3 aromatic rings. The number of nitrogens with one attached hydrogen (secondary N) is 2. The van der Waals surface area contributed by atoms with Gasteiger partial charge in [0.15, 0.2) is 6.29 Å². The molecule has 0 atom stereocenters. The number of benzene rings is 3. The standard InChI is InChI=1S/C36H42ClN3O7/c1-36(2,3)47-34(43)39-26-13-15-27(16-14-26)40(35(44)45)31-19-23(12-17-28(31)24-10-6-5-7-11-24)9-8-18-38-33(42)29-21-32(46-4)25(22-41)20-30(29)37/h5-7,10-12,17,19-22,26-27H,8-9,13-16,18H2,1-4H3,(H,38,42)(H,39,43)(H,44,45). The second-order valence-corrected chi connectivity index (χ2v) is 13.0. The molecule has 1 fully saturated rings. The van der Waals surface area contributed by atoms with Crippen molar-refractivity contribution in [2.24, 2.45) is 0 Å². The normalized spacial score (nSPS) is 16.1. The Morgan fingerprint density at radius 2 is 1.72 bits per heavy atom. The van der Waals surface area contributed by atoms with Crippen molar-refractivity contribution in [3.05, 3.63) is 82.4 Å². The van der Waals surface area contributed by atoms with Crippen molar-refractivity contribution < 1.29 is 33.8 Å². The van der Waals surface area contributed by atoms with Gasteiger partial charge in [0.25, 0.3) is 5.91 Å². The average molecular weight is 664 g/mol. The molecule has 0 aliphatic heterocycles. The molecule has 250 valence electrons. The SMILES string of the molecule is COc1cc(C(=O)NCCCc2ccc(-c3ccccc3)c(N(C(=O)O)C3CCC(NC(=O)OC(C)(C)C)CC3)c2)c(Cl)cc1C=O. The highest BCUT2D eigenvalue weighted by molar-refractivity contribution is 6.34. The number of ether oxygens (including phenoxy) is 2. The number of amides is 3. The minimum atomic E-state index is -1.04. The van der Waals surface area contributed by atoms with Crippen LogP contribution in [-0.4, -0.2) is 60.8 Å². The van der Waals surface area contributed by atoms with Gasteiger partial charge in [-0.2, -0.15) is 0 Å². The first-order valence-electron chi connectivity index (χ1n) is 15.7. The van der Waals surface area contributed by atoms with Crippen LogP contribution in [0.25, 0.3) is 11.1 Å². The van der Waals surface area contributed by atoms with Crippen LogP contribution in [0.4, 0.5) is 15.3 Å². The summed E-state index contributed by atoms with van der Waals surface area (Å²) in [5.41, 5.74) is 3.10. The largest absolute Gasteiger partial charge is 0.496 e. The average Bonchev–Trinajstić information content (AvgIpc) is 3.03. The van der Waals surface area contributed by atoms with Gasteiger partial charge in [0.2, 0.25) is 0 Å². The minimum absolute atomic E-state index is 0.0918. The summed E-state index contributed by atoms with van der Waals surface area (Å²) in [7, 11) is 1.41. The van der Waals surface area contributed by atoms with Crippen LogP contribution in [0.15, 0.2) is 60.7 Å². The quantitative estimate of drug-likeness (QED) is 0.143. The lowest BCUT2D eigenvalue weighted by molar-refractivity contribution is 0.0490. The van der Waals surface area contributed by atoms with Gasteiger partial charge in [0.05, 0.1) is 28.9 Å². The number of nitrogens with zero attached hydrogens (tertiary/aromatic N) is 1. The third-order valence-electron chi connectivity index (χ3n) is 8.01. The van der Waals surface area contributed by atoms with E-state index in [4.69, 9.17) is 21.1 Å². The molecule has 3 aromatic carbocycles. The van der Waals surface area contributed by atoms with Crippen LogP contribution in [0, 0.1) is 0 Å². The number of hydrogen-bond donors (Lipinski definition) is 3. The summed E-state index contributed by atoms with van der Waals surface area (Å²) >= 11 is 6.24. The van der Waals surface area contributed by atoms with Gasteiger partial charge in [0.1, 0.15) is 11.4 Å². The van der Waals surface area contributed by atoms with Crippen LogP contribution in [0.5, 0.6) is 5.75 Å². The van der Waals surface area contributed by atoms with Crippen molar-refractivity contribution in [3.8, 4) is 16.9 Å². The number of hydrogen-bond acceptors (Lipinski definition) is 6. The lowest BCUT2D eigenvalue weighted by Crippen LogP contribution is -2.47. The van der Waals surface area contributed by atoms with Gasteiger partial charge >= 0.3 is 12.2 Å². The lowest BCUT2D eigenvalue weighted by Gasteiger charge is -2.36. The molecule has 0 aromatic heterocycles. The first-order chi connectivity index (χ1) is 22.4. The number of anilines is 1. The van der Waals surface area contributed by atoms with E-state index in [1.54, 1.807) is 0 Å². The maximum atomic E-state index is 12.8. The highest BCUT2D eigenvalue weighted by Gasteiger charge is 2.32. The van der Waals surface area contributed by atoms with Crippen molar-refractivity contribution in [2.75, 3.05) is 18.6 Å². The summed E-state index contributed by atoms with van der Waals surface area (Å²) in [6.45, 7) is 5.78. The zero-order valence-corrected chi connectivity index (χ0v) is 27.9. The minimum Gasteiger partial charge on any atom is -0.496 e. The van der Waals surface area contributed by atoms with Crippen LogP contribution in [-0.2, 0) is 11.2 Å². The number of alkyl carbamates (subject to hydrolysis) is 1. The Bertz CT molecular complexity index is 1580. The topological polar surface area (TPSA) is 134 Å². The van der Waals surface area contributed by atoms with Gasteiger partial charge in [-0.1, -0.05) is 54.1 Å². The summed E-state index contributed by atoms with van der Waals surface area (Å²) in [4.78, 5) is 50.7. The molecule has 11 heteroatoms. The zero-order valence-electron chi connectivity index (χ0n) is 27.2. The smallest absolute Gasteiger partial charge is 0.412 e. The van der Waals surface area contributed by atoms with Crippen molar-refractivity contribution >= 4 is 41.7 Å². The fraction of sp³-hybridized carbons (Fsp3) is 0.389. The number of carboxylic acid groups (broad SMARTS) is 1. The maximum absolute atomic E-state index is 12.8. The Labute approximate surface area is 280 Å². The summed E-state index contributed by atoms with van der Waals surface area (Å²) in [5.74, 6) is -0.129. The van der Waals surface area contributed by atoms with Crippen molar-refractivity contribution in [3.63, 3.8) is 0 Å². The second-order valence-electron chi connectivity index (χ2n) is 12.6. The Kier molecular flexibility index (Phi) is 11.9. The molecule has 0 bridgehead atoms. The van der Waals surface area contributed by atoms with Gasteiger partial charge in [-0.3, -0.25) is 14.5 Å². The number of aldehydes is 1. The van der Waals surface area contributed by atoms with Crippen LogP contribution in [0.2, 0.25) is 5.02 Å². The Morgan fingerprint density at radius 1 is 1.02 bits per heavy atom. The summed E-state index contributed by atoms with van der Waals surface area (Å²) in [6.07, 6.45) is 2.70. The summed E-state index contributed by atoms with van der Waals surface area (Å²) in [5, 5.41) is 16.4. The number of carbonyl (C=O) groups is 4. The van der Waals surface area contributed by atoms with Crippen molar-refractivity contribution in [1.29, 1.82) is 0 Å². The van der Waals surface area contributed by atoms with E-state index in [1.807, 2.05) is 69.3 Å². The molecule has 0 heterocycles. The Hall–Kier alpha value is -4.57. The Morgan fingerprint density at radius 3 is 2.34 bits per heavy atom. The van der Waals surface area contributed by atoms with E-state index in [0.717, 1.165) is 16.7 Å². The number of methoxy groups -OCH3 is 1. The number of rotatable bonds is 11. The van der Waals surface area contributed by atoms with Crippen LogP contribution in [0.1, 0.15) is 79.2 Å². The molecule has 3 N–H and O–H groups in total. The third-order valence-corrected chi connectivity index (χ3v) is 8.33. The molecule has 1 saturated carbocycles.